The van der Waals surface area contributed by atoms with Crippen molar-refractivity contribution in [2.75, 3.05) is 12.3 Å². The number of hydrogen-bond donors (Lipinski definition) is 6. The Hall–Kier alpha value is -4.70. The molecule has 2 atom stereocenters. The summed E-state index contributed by atoms with van der Waals surface area (Å²) in [6.45, 7) is 0.174. The van der Waals surface area contributed by atoms with Crippen LogP contribution in [0.4, 0.5) is 5.69 Å². The van der Waals surface area contributed by atoms with Crippen LogP contribution in [-0.4, -0.2) is 41.7 Å². The predicted molar refractivity (Wildman–Crippen MR) is 157 cm³/mol. The highest BCUT2D eigenvalue weighted by Crippen LogP contribution is 2.30. The van der Waals surface area contributed by atoms with Crippen molar-refractivity contribution in [1.82, 2.24) is 5.32 Å². The van der Waals surface area contributed by atoms with Crippen LogP contribution in [0, 0.1) is 0 Å². The molecule has 3 rings (SSSR count). The summed E-state index contributed by atoms with van der Waals surface area (Å²) in [5.74, 6) is -2.48. The van der Waals surface area contributed by atoms with Gasteiger partial charge in [-0.15, -0.1) is 0 Å². The number of hydrogen-bond acceptors (Lipinski definition) is 6. The summed E-state index contributed by atoms with van der Waals surface area (Å²) in [6, 6.07) is 24.8. The molecule has 3 aromatic carbocycles. The second-order valence-corrected chi connectivity index (χ2v) is 9.76. The Labute approximate surface area is 234 Å². The van der Waals surface area contributed by atoms with Crippen molar-refractivity contribution < 1.29 is 14.4 Å². The van der Waals surface area contributed by atoms with E-state index in [1.54, 1.807) is 24.3 Å². The fraction of sp³-hybridized carbons (Fsp3) is 0.267. The minimum absolute atomic E-state index is 0.0422. The number of carbonyl (C=O) groups excluding carboxylic acids is 3. The zero-order valence-electron chi connectivity index (χ0n) is 22.3. The Morgan fingerprint density at radius 3 is 1.88 bits per heavy atom. The number of nitrogens with zero attached hydrogens (tertiary/aromatic N) is 1. The molecule has 0 saturated heterocycles. The average Bonchev–Trinajstić information content (AvgIpc) is 2.95. The SMILES string of the molecule is NC(=O)[C@H](Cc1ccc(N)cc1)NC(=O)[C@](N)(CCCN=C(N)N)C(=O)CC(c1ccccc1)c1ccccc1. The number of aliphatic imine (C=N–C) groups is 1. The summed E-state index contributed by atoms with van der Waals surface area (Å²) in [6.07, 6.45) is 0.280. The molecule has 2 amide bonds. The summed E-state index contributed by atoms with van der Waals surface area (Å²) in [7, 11) is 0. The van der Waals surface area contributed by atoms with Crippen molar-refractivity contribution in [3.8, 4) is 0 Å². The van der Waals surface area contributed by atoms with Crippen molar-refractivity contribution in [2.24, 2.45) is 27.9 Å². The number of anilines is 1. The number of Topliss-reactive ketones (excluding diaryl/α,β-unsaturated/α-hetero) is 1. The lowest BCUT2D eigenvalue weighted by Gasteiger charge is -2.30. The van der Waals surface area contributed by atoms with Gasteiger partial charge in [0.2, 0.25) is 11.8 Å². The summed E-state index contributed by atoms with van der Waals surface area (Å²) in [4.78, 5) is 43.9. The lowest BCUT2D eigenvalue weighted by Crippen LogP contribution is -2.63. The van der Waals surface area contributed by atoms with Crippen LogP contribution in [0.25, 0.3) is 0 Å². The van der Waals surface area contributed by atoms with E-state index in [4.69, 9.17) is 28.7 Å². The Bertz CT molecular complexity index is 1270. The number of primary amides is 1. The van der Waals surface area contributed by atoms with Crippen molar-refractivity contribution in [3.63, 3.8) is 0 Å². The molecule has 0 aromatic heterocycles. The molecule has 0 aliphatic rings. The third-order valence-corrected chi connectivity index (χ3v) is 6.79. The summed E-state index contributed by atoms with van der Waals surface area (Å²) in [5.41, 5.74) is 30.0. The van der Waals surface area contributed by atoms with E-state index in [1.165, 1.54) is 0 Å². The monoisotopic (exact) mass is 543 g/mol. The standard InChI is InChI=1S/C30H37N7O3/c31-23-14-12-20(13-15-23)18-25(27(32)39)37-28(40)30(35,16-7-17-36-29(33)34)26(38)19-24(21-8-3-1-4-9-21)22-10-5-2-6-11-22/h1-6,8-15,24-25H,7,16-19,31,35H2,(H2,32,39)(H,37,40)(H4,33,34,36)/t25-,30-/m0/s1. The van der Waals surface area contributed by atoms with Gasteiger partial charge in [0.05, 0.1) is 0 Å². The Kier molecular flexibility index (Phi) is 10.4. The van der Waals surface area contributed by atoms with E-state index in [9.17, 15) is 14.4 Å². The van der Waals surface area contributed by atoms with E-state index in [-0.39, 0.29) is 44.1 Å². The Morgan fingerprint density at radius 1 is 0.825 bits per heavy atom. The lowest BCUT2D eigenvalue weighted by molar-refractivity contribution is -0.138. The number of rotatable bonds is 14. The molecule has 3 aromatic rings. The average molecular weight is 544 g/mol. The molecule has 0 fully saturated rings. The molecular formula is C30H37N7O3. The molecule has 40 heavy (non-hydrogen) atoms. The molecule has 0 bridgehead atoms. The Morgan fingerprint density at radius 2 is 1.38 bits per heavy atom. The van der Waals surface area contributed by atoms with Crippen LogP contribution in [0.5, 0.6) is 0 Å². The zero-order valence-corrected chi connectivity index (χ0v) is 22.3. The van der Waals surface area contributed by atoms with Crippen LogP contribution in [0.15, 0.2) is 89.9 Å². The van der Waals surface area contributed by atoms with Gasteiger partial charge in [0.15, 0.2) is 17.3 Å². The maximum atomic E-state index is 13.9. The predicted octanol–water partition coefficient (Wildman–Crippen LogP) is 1.32. The van der Waals surface area contributed by atoms with Gasteiger partial charge >= 0.3 is 0 Å². The van der Waals surface area contributed by atoms with Gasteiger partial charge in [0.1, 0.15) is 6.04 Å². The molecule has 0 heterocycles. The van der Waals surface area contributed by atoms with E-state index >= 15 is 0 Å². The van der Waals surface area contributed by atoms with Gasteiger partial charge in [-0.3, -0.25) is 19.4 Å². The number of nitrogens with one attached hydrogen (secondary N) is 1. The normalized spacial score (nSPS) is 13.2. The van der Waals surface area contributed by atoms with Crippen molar-refractivity contribution >= 4 is 29.2 Å². The molecule has 0 radical (unpaired) electrons. The number of carbonyl (C=O) groups is 3. The van der Waals surface area contributed by atoms with Crippen molar-refractivity contribution in [3.05, 3.63) is 102 Å². The van der Waals surface area contributed by atoms with Gasteiger partial charge in [-0.05, 0) is 41.7 Å². The number of amides is 2. The van der Waals surface area contributed by atoms with Crippen molar-refractivity contribution in [2.45, 2.75) is 43.2 Å². The first-order valence-electron chi connectivity index (χ1n) is 13.0. The van der Waals surface area contributed by atoms with Crippen LogP contribution < -0.4 is 34.0 Å². The number of nitrogens with two attached hydrogens (primary N) is 5. The van der Waals surface area contributed by atoms with E-state index < -0.39 is 29.2 Å². The Balaban J connectivity index is 1.89. The highest BCUT2D eigenvalue weighted by Gasteiger charge is 2.43. The van der Waals surface area contributed by atoms with E-state index in [0.29, 0.717) is 5.69 Å². The quantitative estimate of drug-likeness (QED) is 0.0577. The van der Waals surface area contributed by atoms with E-state index in [2.05, 4.69) is 10.3 Å². The van der Waals surface area contributed by atoms with Gasteiger partial charge in [-0.1, -0.05) is 72.8 Å². The van der Waals surface area contributed by atoms with E-state index in [1.807, 2.05) is 60.7 Å². The summed E-state index contributed by atoms with van der Waals surface area (Å²) in [5, 5.41) is 2.63. The number of ketones is 1. The molecule has 0 aliphatic heterocycles. The van der Waals surface area contributed by atoms with Crippen LogP contribution in [0.2, 0.25) is 0 Å². The highest BCUT2D eigenvalue weighted by atomic mass is 16.2. The summed E-state index contributed by atoms with van der Waals surface area (Å²) < 4.78 is 0. The zero-order chi connectivity index (χ0) is 29.1. The summed E-state index contributed by atoms with van der Waals surface area (Å²) >= 11 is 0. The molecule has 11 N–H and O–H groups in total. The first-order chi connectivity index (χ1) is 19.1. The van der Waals surface area contributed by atoms with Gasteiger partial charge in [0, 0.05) is 31.0 Å². The van der Waals surface area contributed by atoms with Crippen molar-refractivity contribution in [1.29, 1.82) is 0 Å². The topological polar surface area (TPSA) is 206 Å². The number of guanidine groups is 1. The van der Waals surface area contributed by atoms with Gasteiger partial charge in [-0.25, -0.2) is 0 Å². The number of benzene rings is 3. The molecule has 10 heteroatoms. The van der Waals surface area contributed by atoms with E-state index in [0.717, 1.165) is 16.7 Å². The third kappa shape index (κ3) is 8.15. The second kappa shape index (κ2) is 13.9. The molecule has 0 spiro atoms. The maximum Gasteiger partial charge on any atom is 0.248 e. The van der Waals surface area contributed by atoms with Crippen LogP contribution in [0.1, 0.15) is 41.9 Å². The molecule has 0 saturated carbocycles. The highest BCUT2D eigenvalue weighted by molar-refractivity contribution is 6.11. The largest absolute Gasteiger partial charge is 0.399 e. The molecule has 0 aliphatic carbocycles. The fourth-order valence-electron chi connectivity index (χ4n) is 4.51. The molecule has 10 nitrogen and oxygen atoms in total. The molecule has 0 unspecified atom stereocenters. The van der Waals surface area contributed by atoms with Crippen LogP contribution >= 0.6 is 0 Å². The second-order valence-electron chi connectivity index (χ2n) is 9.76. The minimum Gasteiger partial charge on any atom is -0.399 e. The van der Waals surface area contributed by atoms with Gasteiger partial charge in [-0.2, -0.15) is 0 Å². The molecular weight excluding hydrogens is 506 g/mol. The third-order valence-electron chi connectivity index (χ3n) is 6.79. The molecule has 210 valence electrons. The van der Waals surface area contributed by atoms with Gasteiger partial charge < -0.3 is 34.0 Å². The maximum absolute atomic E-state index is 13.9. The van der Waals surface area contributed by atoms with Gasteiger partial charge in [0.25, 0.3) is 0 Å². The lowest BCUT2D eigenvalue weighted by atomic mass is 9.79. The van der Waals surface area contributed by atoms with Crippen LogP contribution in [0.3, 0.4) is 0 Å². The number of nitrogen functional groups attached to an aromatic ring is 1. The minimum atomic E-state index is -1.96. The first-order valence-corrected chi connectivity index (χ1v) is 13.0. The first kappa shape index (κ1) is 29.9. The smallest absolute Gasteiger partial charge is 0.248 e. The van der Waals surface area contributed by atoms with Crippen LogP contribution in [-0.2, 0) is 20.8 Å². The fourth-order valence-corrected chi connectivity index (χ4v) is 4.51.